The number of aromatic nitrogens is 1. The summed E-state index contributed by atoms with van der Waals surface area (Å²) < 4.78 is 5.76. The van der Waals surface area contributed by atoms with Gasteiger partial charge in [0.25, 0.3) is 0 Å². The number of anilines is 1. The zero-order valence-electron chi connectivity index (χ0n) is 12.9. The van der Waals surface area contributed by atoms with Gasteiger partial charge in [0.1, 0.15) is 11.5 Å². The molecule has 1 aliphatic carbocycles. The number of fused-ring (bicyclic) bond motifs is 1. The lowest BCUT2D eigenvalue weighted by atomic mass is 10.2. The van der Waals surface area contributed by atoms with Gasteiger partial charge in [-0.1, -0.05) is 13.0 Å². The van der Waals surface area contributed by atoms with Gasteiger partial charge in [0.15, 0.2) is 0 Å². The first-order valence-corrected chi connectivity index (χ1v) is 7.85. The summed E-state index contributed by atoms with van der Waals surface area (Å²) in [7, 11) is 0. The highest BCUT2D eigenvalue weighted by Gasteiger charge is 2.36. The molecule has 0 saturated heterocycles. The minimum absolute atomic E-state index is 0.170. The Morgan fingerprint density at radius 3 is 3.00 bits per heavy atom. The van der Waals surface area contributed by atoms with Crippen LogP contribution in [0, 0.1) is 5.92 Å². The van der Waals surface area contributed by atoms with E-state index in [1.54, 1.807) is 6.08 Å². The van der Waals surface area contributed by atoms with Gasteiger partial charge in [0.05, 0.1) is 5.69 Å². The topological polar surface area (TPSA) is 58.0 Å². The first kappa shape index (κ1) is 13.9. The van der Waals surface area contributed by atoms with Crippen LogP contribution in [0.15, 0.2) is 53.1 Å². The lowest BCUT2D eigenvalue weighted by Crippen LogP contribution is -2.07. The van der Waals surface area contributed by atoms with Crippen LogP contribution in [-0.2, 0) is 4.79 Å². The van der Waals surface area contributed by atoms with E-state index in [-0.39, 0.29) is 5.91 Å². The fourth-order valence-corrected chi connectivity index (χ4v) is 2.90. The number of hydrogen-bond acceptors (Lipinski definition) is 2. The van der Waals surface area contributed by atoms with Crippen molar-refractivity contribution in [1.82, 2.24) is 4.98 Å². The maximum absolute atomic E-state index is 12.1. The van der Waals surface area contributed by atoms with Gasteiger partial charge in [-0.15, -0.1) is 0 Å². The molecule has 4 heteroatoms. The molecule has 4 nitrogen and oxygen atoms in total. The van der Waals surface area contributed by atoms with Crippen LogP contribution in [0.2, 0.25) is 0 Å². The number of amides is 1. The molecular weight excluding hydrogens is 288 g/mol. The van der Waals surface area contributed by atoms with E-state index in [1.165, 1.54) is 12.5 Å². The lowest BCUT2D eigenvalue weighted by Gasteiger charge is -2.03. The number of H-pyrrole nitrogens is 1. The van der Waals surface area contributed by atoms with Crippen molar-refractivity contribution in [3.05, 3.63) is 60.2 Å². The fourth-order valence-electron chi connectivity index (χ4n) is 2.90. The number of carbonyl (C=O) groups excluding carboxylic acids is 1. The summed E-state index contributed by atoms with van der Waals surface area (Å²) in [6, 6.07) is 11.6. The highest BCUT2D eigenvalue weighted by molar-refractivity contribution is 6.07. The van der Waals surface area contributed by atoms with Gasteiger partial charge in [0.2, 0.25) is 5.91 Å². The summed E-state index contributed by atoms with van der Waals surface area (Å²) in [5.41, 5.74) is 1.80. The third-order valence-electron chi connectivity index (χ3n) is 4.37. The molecule has 1 aromatic carbocycles. The molecular formula is C19H18N2O2. The molecule has 1 amide bonds. The summed E-state index contributed by atoms with van der Waals surface area (Å²) in [6.07, 6.45) is 6.27. The van der Waals surface area contributed by atoms with Crippen LogP contribution in [0.4, 0.5) is 5.69 Å². The van der Waals surface area contributed by atoms with Crippen LogP contribution in [0.25, 0.3) is 17.0 Å². The SMILES string of the molecule is CC1CC1c1ccc(/C=C/C(=O)Nc2cccc3[nH]ccc23)o1. The van der Waals surface area contributed by atoms with Gasteiger partial charge in [-0.05, 0) is 48.7 Å². The average Bonchev–Trinajstić information content (AvgIpc) is 2.97. The maximum Gasteiger partial charge on any atom is 0.248 e. The maximum atomic E-state index is 12.1. The quantitative estimate of drug-likeness (QED) is 0.695. The number of nitrogens with one attached hydrogen (secondary N) is 2. The zero-order chi connectivity index (χ0) is 15.8. The Morgan fingerprint density at radius 2 is 2.17 bits per heavy atom. The predicted molar refractivity (Wildman–Crippen MR) is 91.2 cm³/mol. The minimum Gasteiger partial charge on any atom is -0.461 e. The molecule has 0 aliphatic heterocycles. The van der Waals surface area contributed by atoms with Gasteiger partial charge in [-0.2, -0.15) is 0 Å². The number of hydrogen-bond donors (Lipinski definition) is 2. The Balaban J connectivity index is 1.45. The molecule has 4 rings (SSSR count). The third kappa shape index (κ3) is 2.80. The van der Waals surface area contributed by atoms with E-state index in [4.69, 9.17) is 4.42 Å². The minimum atomic E-state index is -0.170. The van der Waals surface area contributed by atoms with Crippen LogP contribution in [0.1, 0.15) is 30.8 Å². The molecule has 2 aromatic heterocycles. The first-order chi connectivity index (χ1) is 11.2. The molecule has 23 heavy (non-hydrogen) atoms. The molecule has 1 fully saturated rings. The number of carbonyl (C=O) groups is 1. The highest BCUT2D eigenvalue weighted by Crippen LogP contribution is 2.47. The van der Waals surface area contributed by atoms with Gasteiger partial charge >= 0.3 is 0 Å². The third-order valence-corrected chi connectivity index (χ3v) is 4.37. The lowest BCUT2D eigenvalue weighted by molar-refractivity contribution is -0.111. The van der Waals surface area contributed by atoms with Gasteiger partial charge in [-0.3, -0.25) is 4.79 Å². The highest BCUT2D eigenvalue weighted by atomic mass is 16.3. The Bertz CT molecular complexity index is 888. The Morgan fingerprint density at radius 1 is 1.30 bits per heavy atom. The first-order valence-electron chi connectivity index (χ1n) is 7.85. The van der Waals surface area contributed by atoms with E-state index < -0.39 is 0 Å². The van der Waals surface area contributed by atoms with Crippen LogP contribution in [0.5, 0.6) is 0 Å². The van der Waals surface area contributed by atoms with Crippen LogP contribution < -0.4 is 5.32 Å². The smallest absolute Gasteiger partial charge is 0.248 e. The van der Waals surface area contributed by atoms with Crippen LogP contribution in [0.3, 0.4) is 0 Å². The summed E-state index contributed by atoms with van der Waals surface area (Å²) in [4.78, 5) is 15.2. The Hall–Kier alpha value is -2.75. The van der Waals surface area contributed by atoms with Crippen molar-refractivity contribution in [2.24, 2.45) is 5.92 Å². The monoisotopic (exact) mass is 306 g/mol. The molecule has 2 heterocycles. The molecule has 3 aromatic rings. The molecule has 1 saturated carbocycles. The summed E-state index contributed by atoms with van der Waals surface area (Å²) in [5.74, 6) is 2.83. The molecule has 2 atom stereocenters. The molecule has 116 valence electrons. The normalized spacial score (nSPS) is 20.2. The number of rotatable bonds is 4. The van der Waals surface area contributed by atoms with Crippen molar-refractivity contribution in [1.29, 1.82) is 0 Å². The number of furan rings is 1. The van der Waals surface area contributed by atoms with Gasteiger partial charge in [-0.25, -0.2) is 0 Å². The zero-order valence-corrected chi connectivity index (χ0v) is 12.9. The van der Waals surface area contributed by atoms with Crippen molar-refractivity contribution in [3.8, 4) is 0 Å². The van der Waals surface area contributed by atoms with Crippen molar-refractivity contribution in [3.63, 3.8) is 0 Å². The average molecular weight is 306 g/mol. The van der Waals surface area contributed by atoms with Crippen molar-refractivity contribution < 1.29 is 9.21 Å². The molecule has 0 bridgehead atoms. The van der Waals surface area contributed by atoms with E-state index in [1.807, 2.05) is 42.6 Å². The number of aromatic amines is 1. The largest absolute Gasteiger partial charge is 0.461 e. The van der Waals surface area contributed by atoms with E-state index in [9.17, 15) is 4.79 Å². The molecule has 1 aliphatic rings. The van der Waals surface area contributed by atoms with Crippen molar-refractivity contribution in [2.45, 2.75) is 19.3 Å². The Labute approximate surface area is 134 Å². The second kappa shape index (κ2) is 5.47. The molecule has 0 spiro atoms. The summed E-state index contributed by atoms with van der Waals surface area (Å²) >= 11 is 0. The van der Waals surface area contributed by atoms with Crippen molar-refractivity contribution in [2.75, 3.05) is 5.32 Å². The van der Waals surface area contributed by atoms with E-state index in [0.717, 1.165) is 22.4 Å². The van der Waals surface area contributed by atoms with E-state index >= 15 is 0 Å². The van der Waals surface area contributed by atoms with E-state index in [2.05, 4.69) is 17.2 Å². The summed E-state index contributed by atoms with van der Waals surface area (Å²) in [6.45, 7) is 2.22. The standard InChI is InChI=1S/C19H18N2O2/c1-12-11-15(12)18-7-5-13(23-18)6-8-19(22)21-17-4-2-3-16-14(17)9-10-20-16/h2-10,12,15,20H,11H2,1H3,(H,21,22)/b8-6+. The van der Waals surface area contributed by atoms with E-state index in [0.29, 0.717) is 17.6 Å². The molecule has 2 N–H and O–H groups in total. The number of benzene rings is 1. The van der Waals surface area contributed by atoms with Crippen LogP contribution in [-0.4, -0.2) is 10.9 Å². The fraction of sp³-hybridized carbons (Fsp3) is 0.211. The Kier molecular flexibility index (Phi) is 3.30. The second-order valence-electron chi connectivity index (χ2n) is 6.13. The van der Waals surface area contributed by atoms with Gasteiger partial charge < -0.3 is 14.7 Å². The van der Waals surface area contributed by atoms with Gasteiger partial charge in [0, 0.05) is 29.1 Å². The van der Waals surface area contributed by atoms with Crippen molar-refractivity contribution >= 4 is 28.6 Å². The van der Waals surface area contributed by atoms with Crippen LogP contribution >= 0.6 is 0 Å². The molecule has 0 radical (unpaired) electrons. The second-order valence-corrected chi connectivity index (χ2v) is 6.13. The summed E-state index contributed by atoms with van der Waals surface area (Å²) in [5, 5.41) is 3.90. The molecule has 2 unspecified atom stereocenters. The predicted octanol–water partition coefficient (Wildman–Crippen LogP) is 4.54.